The zero-order valence-corrected chi connectivity index (χ0v) is 10.6. The van der Waals surface area contributed by atoms with Gasteiger partial charge in [-0.05, 0) is 0 Å². The second-order valence-corrected chi connectivity index (χ2v) is 2.28. The number of hydrogen-bond donors (Lipinski definition) is 0. The first-order chi connectivity index (χ1) is 5.41. The fraction of sp³-hybridized carbons (Fsp3) is 0.364. The van der Waals surface area contributed by atoms with Crippen molar-refractivity contribution >= 4 is 35.5 Å². The Morgan fingerprint density at radius 3 is 1.77 bits per heavy atom. The molecule has 0 aliphatic carbocycles. The van der Waals surface area contributed by atoms with E-state index in [1.807, 2.05) is 30.3 Å². The van der Waals surface area contributed by atoms with Crippen LogP contribution in [0.25, 0.3) is 0 Å². The fourth-order valence-electron chi connectivity index (χ4n) is 0.592. The first kappa shape index (κ1) is 18.9. The molecule has 0 nitrogen and oxygen atoms in total. The second kappa shape index (κ2) is 18.1. The molecular formula is C11H17ClMg. The maximum absolute atomic E-state index is 3.68. The van der Waals surface area contributed by atoms with Crippen molar-refractivity contribution in [3.05, 3.63) is 43.3 Å². The summed E-state index contributed by atoms with van der Waals surface area (Å²) in [5.41, 5.74) is 0. The third-order valence-electron chi connectivity index (χ3n) is 1.21. The van der Waals surface area contributed by atoms with Gasteiger partial charge in [-0.3, -0.25) is 0 Å². The Morgan fingerprint density at radius 1 is 1.15 bits per heavy atom. The van der Waals surface area contributed by atoms with Gasteiger partial charge in [0.25, 0.3) is 0 Å². The monoisotopic (exact) mass is 208 g/mol. The summed E-state index contributed by atoms with van der Waals surface area (Å²) >= 11 is 0. The SMILES string of the molecule is Cl.[CH2-]CCCC.[Mg+2].[c-]1ccccc1. The summed E-state index contributed by atoms with van der Waals surface area (Å²) in [5, 5.41) is 0. The molecule has 0 aliphatic rings. The van der Waals surface area contributed by atoms with Gasteiger partial charge in [0.15, 0.2) is 0 Å². The molecule has 0 saturated heterocycles. The van der Waals surface area contributed by atoms with Crippen LogP contribution in [0.2, 0.25) is 0 Å². The molecule has 70 valence electrons. The molecule has 0 fully saturated rings. The molecule has 13 heavy (non-hydrogen) atoms. The van der Waals surface area contributed by atoms with E-state index in [1.54, 1.807) is 0 Å². The standard InChI is InChI=1S/C6H5.C5H11.ClH.Mg/c1-2-4-6-5-3-1;1-3-5-4-2;;/h1-5H;1,3-5H2,2H3;1H;/q2*-1;;+2. The predicted octanol–water partition coefficient (Wildman–Crippen LogP) is 3.54. The summed E-state index contributed by atoms with van der Waals surface area (Å²) in [5.74, 6) is 0. The van der Waals surface area contributed by atoms with Crippen molar-refractivity contribution in [1.29, 1.82) is 0 Å². The van der Waals surface area contributed by atoms with Crippen molar-refractivity contribution in [3.8, 4) is 0 Å². The number of hydrogen-bond acceptors (Lipinski definition) is 0. The molecule has 0 atom stereocenters. The van der Waals surface area contributed by atoms with Gasteiger partial charge in [0.1, 0.15) is 0 Å². The van der Waals surface area contributed by atoms with E-state index in [2.05, 4.69) is 19.9 Å². The molecule has 0 heterocycles. The van der Waals surface area contributed by atoms with Gasteiger partial charge < -0.3 is 6.92 Å². The summed E-state index contributed by atoms with van der Waals surface area (Å²) in [7, 11) is 0. The van der Waals surface area contributed by atoms with Crippen molar-refractivity contribution in [2.24, 2.45) is 0 Å². The average Bonchev–Trinajstić information content (AvgIpc) is 2.10. The molecule has 1 aromatic carbocycles. The minimum Gasteiger partial charge on any atom is -0.343 e. The van der Waals surface area contributed by atoms with Gasteiger partial charge in [-0.25, -0.2) is 0 Å². The summed E-state index contributed by atoms with van der Waals surface area (Å²) in [6.45, 7) is 5.85. The maximum Gasteiger partial charge on any atom is 2.00 e. The summed E-state index contributed by atoms with van der Waals surface area (Å²) < 4.78 is 0. The van der Waals surface area contributed by atoms with E-state index in [0.717, 1.165) is 6.42 Å². The van der Waals surface area contributed by atoms with Crippen LogP contribution in [0.3, 0.4) is 0 Å². The minimum absolute atomic E-state index is 0. The van der Waals surface area contributed by atoms with E-state index in [-0.39, 0.29) is 35.5 Å². The average molecular weight is 209 g/mol. The van der Waals surface area contributed by atoms with Crippen molar-refractivity contribution in [1.82, 2.24) is 0 Å². The van der Waals surface area contributed by atoms with Gasteiger partial charge in [0, 0.05) is 0 Å². The Morgan fingerprint density at radius 2 is 1.69 bits per heavy atom. The molecule has 0 aromatic heterocycles. The van der Waals surface area contributed by atoms with E-state index in [9.17, 15) is 0 Å². The molecule has 2 heteroatoms. The molecule has 0 spiro atoms. The number of rotatable bonds is 2. The Kier molecular flexibility index (Phi) is 26.4. The van der Waals surface area contributed by atoms with E-state index in [1.165, 1.54) is 12.8 Å². The Balaban J connectivity index is -0.000000136. The third-order valence-corrected chi connectivity index (χ3v) is 1.21. The number of benzene rings is 1. The van der Waals surface area contributed by atoms with E-state index in [4.69, 9.17) is 0 Å². The largest absolute Gasteiger partial charge is 2.00 e. The first-order valence-corrected chi connectivity index (χ1v) is 4.12. The van der Waals surface area contributed by atoms with E-state index >= 15 is 0 Å². The topological polar surface area (TPSA) is 0 Å². The minimum atomic E-state index is 0. The van der Waals surface area contributed by atoms with Crippen LogP contribution in [0.1, 0.15) is 26.2 Å². The summed E-state index contributed by atoms with van der Waals surface area (Å²) in [6, 6.07) is 12.5. The fourth-order valence-corrected chi connectivity index (χ4v) is 0.592. The van der Waals surface area contributed by atoms with Crippen LogP contribution < -0.4 is 0 Å². The smallest absolute Gasteiger partial charge is 0.343 e. The predicted molar refractivity (Wildman–Crippen MR) is 63.2 cm³/mol. The molecule has 0 saturated carbocycles. The van der Waals surface area contributed by atoms with Crippen LogP contribution in [0.4, 0.5) is 0 Å². The van der Waals surface area contributed by atoms with Crippen LogP contribution in [0.15, 0.2) is 30.3 Å². The second-order valence-electron chi connectivity index (χ2n) is 2.28. The first-order valence-electron chi connectivity index (χ1n) is 4.12. The van der Waals surface area contributed by atoms with Gasteiger partial charge in [-0.1, -0.05) is 19.8 Å². The van der Waals surface area contributed by atoms with Gasteiger partial charge in [0.05, 0.1) is 0 Å². The van der Waals surface area contributed by atoms with Crippen LogP contribution in [-0.2, 0) is 0 Å². The van der Waals surface area contributed by atoms with Gasteiger partial charge >= 0.3 is 23.1 Å². The molecule has 0 amide bonds. The Bertz CT molecular complexity index is 113. The Hall–Kier alpha value is 0.276. The van der Waals surface area contributed by atoms with E-state index < -0.39 is 0 Å². The van der Waals surface area contributed by atoms with Gasteiger partial charge in [0.2, 0.25) is 0 Å². The van der Waals surface area contributed by atoms with Crippen molar-refractivity contribution in [3.63, 3.8) is 0 Å². The van der Waals surface area contributed by atoms with Crippen LogP contribution in [-0.4, -0.2) is 23.1 Å². The van der Waals surface area contributed by atoms with Crippen molar-refractivity contribution < 1.29 is 0 Å². The molecule has 0 unspecified atom stereocenters. The van der Waals surface area contributed by atoms with Gasteiger partial charge in [-0.15, -0.1) is 12.4 Å². The summed E-state index contributed by atoms with van der Waals surface area (Å²) in [6.07, 6.45) is 3.65. The molecule has 0 aliphatic heterocycles. The normalized spacial score (nSPS) is 6.92. The molecule has 0 N–H and O–H groups in total. The van der Waals surface area contributed by atoms with Gasteiger partial charge in [-0.2, -0.15) is 42.8 Å². The molecule has 1 rings (SSSR count). The maximum atomic E-state index is 3.68. The molecule has 0 bridgehead atoms. The van der Waals surface area contributed by atoms with E-state index in [0.29, 0.717) is 0 Å². The quantitative estimate of drug-likeness (QED) is 0.516. The Labute approximate surface area is 105 Å². The van der Waals surface area contributed by atoms with Crippen LogP contribution in [0, 0.1) is 13.0 Å². The third kappa shape index (κ3) is 18.9. The number of halogens is 1. The zero-order valence-electron chi connectivity index (χ0n) is 8.33. The summed E-state index contributed by atoms with van der Waals surface area (Å²) in [4.78, 5) is 0. The van der Waals surface area contributed by atoms with Crippen LogP contribution >= 0.6 is 12.4 Å². The van der Waals surface area contributed by atoms with Crippen LogP contribution in [0.5, 0.6) is 0 Å². The molecular weight excluding hydrogens is 192 g/mol. The van der Waals surface area contributed by atoms with Crippen molar-refractivity contribution in [2.45, 2.75) is 26.2 Å². The molecule has 1 aromatic rings. The van der Waals surface area contributed by atoms with Crippen molar-refractivity contribution in [2.75, 3.05) is 0 Å². The zero-order chi connectivity index (χ0) is 8.36. The number of unbranched alkanes of at least 4 members (excludes halogenated alkanes) is 2. The molecule has 0 radical (unpaired) electrons.